The smallest absolute Gasteiger partial charge is 0.122 e. The van der Waals surface area contributed by atoms with Gasteiger partial charge in [-0.25, -0.2) is 0 Å². The van der Waals surface area contributed by atoms with Gasteiger partial charge in [-0.15, -0.1) is 0 Å². The van der Waals surface area contributed by atoms with E-state index >= 15 is 0 Å². The van der Waals surface area contributed by atoms with Crippen LogP contribution in [0.25, 0.3) is 22.0 Å². The predicted octanol–water partition coefficient (Wildman–Crippen LogP) is 3.35. The number of aromatic nitrogens is 3. The largest absolute Gasteiger partial charge is 0.344 e. The number of hydrogen-bond donors (Lipinski definition) is 1. The number of aromatic amines is 1. The molecule has 0 amide bonds. The number of nitrogens with zero attached hydrogens (tertiary/aromatic N) is 2. The van der Waals surface area contributed by atoms with Gasteiger partial charge in [-0.1, -0.05) is 36.5 Å². The zero-order valence-electron chi connectivity index (χ0n) is 8.92. The summed E-state index contributed by atoms with van der Waals surface area (Å²) in [5.41, 5.74) is 1.91. The first-order valence-electron chi connectivity index (χ1n) is 5.22. The van der Waals surface area contributed by atoms with Crippen LogP contribution in [0.15, 0.2) is 49.1 Å². The Balaban J connectivity index is 2.34. The van der Waals surface area contributed by atoms with Crippen molar-refractivity contribution in [1.29, 1.82) is 0 Å². The van der Waals surface area contributed by atoms with E-state index in [1.54, 1.807) is 12.4 Å². The minimum atomic E-state index is 0.621. The monoisotopic (exact) mass is 239 g/mol. The molecule has 17 heavy (non-hydrogen) atoms. The molecule has 1 aromatic carbocycles. The van der Waals surface area contributed by atoms with Crippen molar-refractivity contribution in [2.24, 2.45) is 0 Å². The Kier molecular flexibility index (Phi) is 2.42. The molecule has 3 aromatic rings. The number of pyridine rings is 1. The van der Waals surface area contributed by atoms with Gasteiger partial charge in [0.25, 0.3) is 0 Å². The van der Waals surface area contributed by atoms with Crippen molar-refractivity contribution in [1.82, 2.24) is 15.0 Å². The summed E-state index contributed by atoms with van der Waals surface area (Å²) in [6.07, 6.45) is 7.06. The number of nitrogens with one attached hydrogen (secondary N) is 1. The molecule has 0 fully saturated rings. The topological polar surface area (TPSA) is 41.6 Å². The summed E-state index contributed by atoms with van der Waals surface area (Å²) in [6, 6.07) is 8.11. The lowest BCUT2D eigenvalue weighted by Crippen LogP contribution is -1.88. The number of hydrogen-bond acceptors (Lipinski definition) is 3. The third-order valence-corrected chi connectivity index (χ3v) is 2.82. The maximum absolute atomic E-state index is 5.08. The van der Waals surface area contributed by atoms with E-state index in [0.717, 1.165) is 22.0 Å². The Labute approximate surface area is 103 Å². The van der Waals surface area contributed by atoms with E-state index in [2.05, 4.69) is 21.0 Å². The van der Waals surface area contributed by atoms with E-state index in [0.29, 0.717) is 4.64 Å². The van der Waals surface area contributed by atoms with Crippen LogP contribution in [0.3, 0.4) is 0 Å². The first-order valence-corrected chi connectivity index (χ1v) is 5.63. The van der Waals surface area contributed by atoms with Gasteiger partial charge >= 0.3 is 0 Å². The Morgan fingerprint density at radius 1 is 0.941 bits per heavy atom. The Hall–Kier alpha value is -2.07. The van der Waals surface area contributed by atoms with E-state index < -0.39 is 0 Å². The third-order valence-electron chi connectivity index (χ3n) is 2.61. The fraction of sp³-hybridized carbons (Fsp3) is 0. The summed E-state index contributed by atoms with van der Waals surface area (Å²) < 4.78 is 0.621. The SMILES string of the molecule is S=c1cncc(-c2cncc3ccccc23)[nH]1. The van der Waals surface area contributed by atoms with Crippen LogP contribution in [-0.2, 0) is 0 Å². The lowest BCUT2D eigenvalue weighted by molar-refractivity contribution is 1.18. The average Bonchev–Trinajstić information content (AvgIpc) is 2.38. The fourth-order valence-electron chi connectivity index (χ4n) is 1.84. The van der Waals surface area contributed by atoms with Crippen molar-refractivity contribution in [3.8, 4) is 11.3 Å². The van der Waals surface area contributed by atoms with Crippen LogP contribution in [0.2, 0.25) is 0 Å². The Morgan fingerprint density at radius 3 is 2.65 bits per heavy atom. The fourth-order valence-corrected chi connectivity index (χ4v) is 2.02. The molecule has 4 heteroatoms. The Bertz CT molecular complexity index is 728. The van der Waals surface area contributed by atoms with Crippen molar-refractivity contribution < 1.29 is 0 Å². The molecule has 0 aliphatic rings. The molecule has 0 unspecified atom stereocenters. The Morgan fingerprint density at radius 2 is 1.76 bits per heavy atom. The van der Waals surface area contributed by atoms with Gasteiger partial charge in [-0.2, -0.15) is 0 Å². The molecule has 0 aliphatic carbocycles. The standard InChI is InChI=1S/C13H9N3S/c17-13-8-15-7-12(16-13)11-6-14-5-9-3-1-2-4-10(9)11/h1-8H,(H,16,17). The minimum absolute atomic E-state index is 0.621. The minimum Gasteiger partial charge on any atom is -0.344 e. The molecule has 0 saturated heterocycles. The molecule has 0 spiro atoms. The molecule has 0 bridgehead atoms. The molecule has 0 atom stereocenters. The van der Waals surface area contributed by atoms with Gasteiger partial charge in [-0.05, 0) is 5.39 Å². The van der Waals surface area contributed by atoms with E-state index in [1.807, 2.05) is 30.6 Å². The molecule has 3 rings (SSSR count). The molecule has 0 aliphatic heterocycles. The molecule has 82 valence electrons. The summed E-state index contributed by atoms with van der Waals surface area (Å²) in [7, 11) is 0. The zero-order valence-corrected chi connectivity index (χ0v) is 9.74. The number of fused-ring (bicyclic) bond motifs is 1. The summed E-state index contributed by atoms with van der Waals surface area (Å²) in [5.74, 6) is 0. The maximum Gasteiger partial charge on any atom is 0.122 e. The lowest BCUT2D eigenvalue weighted by Gasteiger charge is -2.05. The third kappa shape index (κ3) is 1.83. The van der Waals surface area contributed by atoms with Gasteiger partial charge in [0.2, 0.25) is 0 Å². The second kappa shape index (κ2) is 4.07. The second-order valence-electron chi connectivity index (χ2n) is 3.72. The lowest BCUT2D eigenvalue weighted by atomic mass is 10.1. The van der Waals surface area contributed by atoms with E-state index in [9.17, 15) is 0 Å². The van der Waals surface area contributed by atoms with E-state index in [1.165, 1.54) is 0 Å². The quantitative estimate of drug-likeness (QED) is 0.662. The van der Waals surface area contributed by atoms with Gasteiger partial charge in [0.1, 0.15) is 4.64 Å². The van der Waals surface area contributed by atoms with Gasteiger partial charge in [0.05, 0.1) is 18.1 Å². The molecule has 3 nitrogen and oxygen atoms in total. The molecule has 2 heterocycles. The van der Waals surface area contributed by atoms with Gasteiger partial charge in [-0.3, -0.25) is 9.97 Å². The van der Waals surface area contributed by atoms with Gasteiger partial charge in [0, 0.05) is 23.3 Å². The molecular weight excluding hydrogens is 230 g/mol. The highest BCUT2D eigenvalue weighted by Gasteiger charge is 2.04. The summed E-state index contributed by atoms with van der Waals surface area (Å²) >= 11 is 5.08. The molecule has 1 N–H and O–H groups in total. The number of H-pyrrole nitrogens is 1. The van der Waals surface area contributed by atoms with Crippen LogP contribution in [-0.4, -0.2) is 15.0 Å². The van der Waals surface area contributed by atoms with Crippen molar-refractivity contribution in [3.63, 3.8) is 0 Å². The van der Waals surface area contributed by atoms with Crippen LogP contribution >= 0.6 is 12.2 Å². The van der Waals surface area contributed by atoms with Crippen molar-refractivity contribution in [2.75, 3.05) is 0 Å². The maximum atomic E-state index is 5.08. The average molecular weight is 239 g/mol. The van der Waals surface area contributed by atoms with Crippen molar-refractivity contribution >= 4 is 23.0 Å². The first-order chi connectivity index (χ1) is 8.34. The van der Waals surface area contributed by atoms with Crippen LogP contribution in [0.5, 0.6) is 0 Å². The molecule has 0 saturated carbocycles. The zero-order chi connectivity index (χ0) is 11.7. The summed E-state index contributed by atoms with van der Waals surface area (Å²) in [6.45, 7) is 0. The normalized spacial score (nSPS) is 10.6. The number of rotatable bonds is 1. The summed E-state index contributed by atoms with van der Waals surface area (Å²) in [4.78, 5) is 11.5. The number of benzene rings is 1. The second-order valence-corrected chi connectivity index (χ2v) is 4.16. The van der Waals surface area contributed by atoms with E-state index in [4.69, 9.17) is 12.2 Å². The predicted molar refractivity (Wildman–Crippen MR) is 70.2 cm³/mol. The highest BCUT2D eigenvalue weighted by Crippen LogP contribution is 2.25. The summed E-state index contributed by atoms with van der Waals surface area (Å²) in [5, 5.41) is 2.24. The molecule has 0 radical (unpaired) electrons. The van der Waals surface area contributed by atoms with Crippen LogP contribution < -0.4 is 0 Å². The molecular formula is C13H9N3S. The van der Waals surface area contributed by atoms with Crippen LogP contribution in [0, 0.1) is 4.64 Å². The highest BCUT2D eigenvalue weighted by atomic mass is 32.1. The van der Waals surface area contributed by atoms with Crippen LogP contribution in [0.4, 0.5) is 0 Å². The van der Waals surface area contributed by atoms with Gasteiger partial charge < -0.3 is 4.98 Å². The van der Waals surface area contributed by atoms with E-state index in [-0.39, 0.29) is 0 Å². The molecule has 2 aromatic heterocycles. The van der Waals surface area contributed by atoms with Crippen molar-refractivity contribution in [2.45, 2.75) is 0 Å². The first kappa shape index (κ1) is 10.1. The van der Waals surface area contributed by atoms with Crippen LogP contribution in [0.1, 0.15) is 0 Å². The highest BCUT2D eigenvalue weighted by molar-refractivity contribution is 7.71. The van der Waals surface area contributed by atoms with Crippen molar-refractivity contribution in [3.05, 3.63) is 53.7 Å². The van der Waals surface area contributed by atoms with Gasteiger partial charge in [0.15, 0.2) is 0 Å².